The largest absolute Gasteiger partial charge is 0.368 e. The second-order valence-corrected chi connectivity index (χ2v) is 10.9. The molecule has 3 saturated heterocycles. The Bertz CT molecular complexity index is 962. The van der Waals surface area contributed by atoms with E-state index < -0.39 is 11.0 Å². The number of piperidine rings is 1. The molecule has 5 heterocycles. The van der Waals surface area contributed by atoms with Crippen molar-refractivity contribution in [2.75, 3.05) is 63.2 Å². The Morgan fingerprint density at radius 3 is 2.60 bits per heavy atom. The van der Waals surface area contributed by atoms with Crippen molar-refractivity contribution in [3.8, 4) is 0 Å². The van der Waals surface area contributed by atoms with Gasteiger partial charge in [-0.1, -0.05) is 0 Å². The van der Waals surface area contributed by atoms with Crippen molar-refractivity contribution in [2.24, 2.45) is 17.3 Å². The molecule has 0 amide bonds. The number of nitrogens with zero attached hydrogens (tertiary/aromatic N) is 6. The van der Waals surface area contributed by atoms with Gasteiger partial charge in [0.15, 0.2) is 5.82 Å². The number of nitrogen functional groups attached to an aromatic ring is 1. The van der Waals surface area contributed by atoms with E-state index in [0.29, 0.717) is 0 Å². The van der Waals surface area contributed by atoms with Gasteiger partial charge >= 0.3 is 0 Å². The molecule has 4 aliphatic rings. The van der Waals surface area contributed by atoms with Gasteiger partial charge in [0.2, 0.25) is 5.95 Å². The molecule has 0 aromatic carbocycles. The summed E-state index contributed by atoms with van der Waals surface area (Å²) in [6, 6.07) is 1.90. The number of aromatic nitrogens is 3. The van der Waals surface area contributed by atoms with Crippen LogP contribution in [0.15, 0.2) is 18.5 Å². The fourth-order valence-corrected chi connectivity index (χ4v) is 6.19. The van der Waals surface area contributed by atoms with Crippen LogP contribution in [0, 0.1) is 17.3 Å². The van der Waals surface area contributed by atoms with Crippen molar-refractivity contribution >= 4 is 33.7 Å². The summed E-state index contributed by atoms with van der Waals surface area (Å²) in [7, 11) is 1.33. The predicted molar refractivity (Wildman–Crippen MR) is 120 cm³/mol. The van der Waals surface area contributed by atoms with Gasteiger partial charge in [0.25, 0.3) is 0 Å². The lowest BCUT2D eigenvalue weighted by Crippen LogP contribution is -2.31. The highest BCUT2D eigenvalue weighted by atomic mass is 32.2. The van der Waals surface area contributed by atoms with Crippen LogP contribution in [0.3, 0.4) is 0 Å². The summed E-state index contributed by atoms with van der Waals surface area (Å²) < 4.78 is 13.8. The second kappa shape index (κ2) is 7.69. The fraction of sp³-hybridized carbons (Fsp3) is 0.667. The summed E-state index contributed by atoms with van der Waals surface area (Å²) in [5.41, 5.74) is 6.78. The van der Waals surface area contributed by atoms with Crippen LogP contribution in [-0.2, 0) is 11.0 Å². The number of hydrogen-bond acceptors (Lipinski definition) is 7. The molecule has 8 nitrogen and oxygen atoms in total. The first-order valence-electron chi connectivity index (χ1n) is 10.8. The quantitative estimate of drug-likeness (QED) is 0.771. The molecule has 4 fully saturated rings. The topological polar surface area (TPSA) is 91.5 Å². The van der Waals surface area contributed by atoms with E-state index in [1.165, 1.54) is 19.5 Å². The minimum absolute atomic E-state index is 0.216. The number of fused-ring (bicyclic) bond motifs is 2. The minimum atomic E-state index is -0.882. The van der Waals surface area contributed by atoms with Gasteiger partial charge in [-0.3, -0.25) is 0 Å². The lowest BCUT2D eigenvalue weighted by molar-refractivity contribution is 0.347. The van der Waals surface area contributed by atoms with E-state index in [1.807, 2.05) is 6.07 Å². The van der Waals surface area contributed by atoms with Gasteiger partial charge in [0.05, 0.1) is 11.0 Å². The molecule has 6 rings (SSSR count). The zero-order valence-corrected chi connectivity index (χ0v) is 18.6. The van der Waals surface area contributed by atoms with Crippen molar-refractivity contribution in [1.82, 2.24) is 24.2 Å². The number of likely N-dealkylation sites (tertiary alicyclic amines) is 1. The van der Waals surface area contributed by atoms with E-state index >= 15 is 0 Å². The van der Waals surface area contributed by atoms with Gasteiger partial charge < -0.3 is 15.5 Å². The molecule has 9 heteroatoms. The van der Waals surface area contributed by atoms with E-state index in [-0.39, 0.29) is 11.4 Å². The van der Waals surface area contributed by atoms with Gasteiger partial charge in [-0.15, -0.1) is 0 Å². The third-order valence-corrected chi connectivity index (χ3v) is 8.20. The lowest BCUT2D eigenvalue weighted by atomic mass is 9.87. The first-order valence-corrected chi connectivity index (χ1v) is 12.3. The molecule has 1 aliphatic carbocycles. The lowest BCUT2D eigenvalue weighted by Gasteiger charge is -2.24. The standard InChI is InChI=1S/C15H20N6OS.C6H11N/c1-23(22)21-7-4-15(10-21)3-6-20(9-15)13-12-11(2-5-17-13)8-18-14(16)19-12;1-7-3-5-2-6(5)4-7/h2,5,8H,3-4,6-7,9-10H2,1H3,(H2,16,18,19);5-6H,2-4H2,1H3. The van der Waals surface area contributed by atoms with Gasteiger partial charge in [0, 0.05) is 68.7 Å². The highest BCUT2D eigenvalue weighted by molar-refractivity contribution is 7.81. The number of anilines is 2. The molecule has 1 spiro atoms. The Hall–Kier alpha value is -1.84. The summed E-state index contributed by atoms with van der Waals surface area (Å²) in [5.74, 6) is 3.38. The third-order valence-electron chi connectivity index (χ3n) is 7.16. The molecule has 2 aromatic heterocycles. The van der Waals surface area contributed by atoms with Crippen LogP contribution in [0.4, 0.5) is 11.8 Å². The van der Waals surface area contributed by atoms with Gasteiger partial charge in [-0.2, -0.15) is 0 Å². The van der Waals surface area contributed by atoms with E-state index in [2.05, 4.69) is 36.1 Å². The summed E-state index contributed by atoms with van der Waals surface area (Å²) in [4.78, 5) is 17.7. The van der Waals surface area contributed by atoms with Crippen LogP contribution in [0.5, 0.6) is 0 Å². The second-order valence-electron chi connectivity index (χ2n) is 9.49. The van der Waals surface area contributed by atoms with Crippen LogP contribution in [0.25, 0.3) is 10.9 Å². The van der Waals surface area contributed by atoms with Gasteiger partial charge in [-0.05, 0) is 44.2 Å². The first-order chi connectivity index (χ1) is 14.4. The Morgan fingerprint density at radius 1 is 1.17 bits per heavy atom. The fourth-order valence-electron chi connectivity index (χ4n) is 5.38. The summed E-state index contributed by atoms with van der Waals surface area (Å²) in [6.45, 7) is 6.44. The number of rotatable bonds is 2. The van der Waals surface area contributed by atoms with Crippen LogP contribution >= 0.6 is 0 Å². The Kier molecular flexibility index (Phi) is 5.15. The predicted octanol–water partition coefficient (Wildman–Crippen LogP) is 1.37. The molecule has 30 heavy (non-hydrogen) atoms. The van der Waals surface area contributed by atoms with E-state index in [4.69, 9.17) is 5.73 Å². The smallest absolute Gasteiger partial charge is 0.220 e. The Morgan fingerprint density at radius 2 is 1.93 bits per heavy atom. The maximum Gasteiger partial charge on any atom is 0.220 e. The highest BCUT2D eigenvalue weighted by Gasteiger charge is 2.45. The third kappa shape index (κ3) is 3.90. The number of pyridine rings is 1. The van der Waals surface area contributed by atoms with Crippen LogP contribution in [-0.4, -0.2) is 80.9 Å². The van der Waals surface area contributed by atoms with Crippen molar-refractivity contribution in [2.45, 2.75) is 19.3 Å². The summed E-state index contributed by atoms with van der Waals surface area (Å²) in [6.07, 6.45) is 9.02. The molecule has 0 bridgehead atoms. The Balaban J connectivity index is 0.000000230. The van der Waals surface area contributed by atoms with E-state index in [1.54, 1.807) is 18.6 Å². The summed E-state index contributed by atoms with van der Waals surface area (Å²) >= 11 is 0. The molecular formula is C21H31N7OS. The van der Waals surface area contributed by atoms with Crippen molar-refractivity contribution in [1.29, 1.82) is 0 Å². The van der Waals surface area contributed by atoms with Crippen LogP contribution in [0.2, 0.25) is 0 Å². The highest BCUT2D eigenvalue weighted by Crippen LogP contribution is 2.44. The number of hydrogen-bond donors (Lipinski definition) is 1. The normalized spacial score (nSPS) is 31.7. The zero-order valence-electron chi connectivity index (χ0n) is 17.8. The van der Waals surface area contributed by atoms with Crippen molar-refractivity contribution in [3.05, 3.63) is 18.5 Å². The van der Waals surface area contributed by atoms with E-state index in [9.17, 15) is 4.21 Å². The first kappa shape index (κ1) is 20.1. The SMILES string of the molecule is CN1CC2CC2C1.CS(=O)N1CCC2(CCN(c3nccc4cnc(N)nc34)C2)C1. The maximum atomic E-state index is 11.7. The zero-order chi connectivity index (χ0) is 20.9. The molecule has 3 aliphatic heterocycles. The maximum absolute atomic E-state index is 11.7. The van der Waals surface area contributed by atoms with Gasteiger partial charge in [-0.25, -0.2) is 23.5 Å². The minimum Gasteiger partial charge on any atom is -0.368 e. The molecule has 2 N–H and O–H groups in total. The molecule has 4 atom stereocenters. The Labute approximate surface area is 180 Å². The van der Waals surface area contributed by atoms with Crippen molar-refractivity contribution < 1.29 is 4.21 Å². The number of nitrogens with two attached hydrogens (primary N) is 1. The van der Waals surface area contributed by atoms with Crippen LogP contribution < -0.4 is 10.6 Å². The molecule has 2 aromatic rings. The van der Waals surface area contributed by atoms with E-state index in [0.717, 1.165) is 67.6 Å². The molecule has 162 valence electrons. The van der Waals surface area contributed by atoms with Gasteiger partial charge in [0.1, 0.15) is 5.52 Å². The average Bonchev–Trinajstić information content (AvgIpc) is 3.09. The molecule has 4 unspecified atom stereocenters. The molecular weight excluding hydrogens is 398 g/mol. The summed E-state index contributed by atoms with van der Waals surface area (Å²) in [5, 5.41) is 0.952. The molecule has 0 radical (unpaired) electrons. The monoisotopic (exact) mass is 429 g/mol. The molecule has 1 saturated carbocycles. The average molecular weight is 430 g/mol. The van der Waals surface area contributed by atoms with Crippen molar-refractivity contribution in [3.63, 3.8) is 0 Å². The van der Waals surface area contributed by atoms with Crippen LogP contribution in [0.1, 0.15) is 19.3 Å².